The molecule has 0 saturated carbocycles. The number of nitrogens with one attached hydrogen (secondary N) is 3. The van der Waals surface area contributed by atoms with Crippen molar-refractivity contribution in [3.63, 3.8) is 0 Å². The SMILES string of the molecule is Cc1cccc2[nH]cc(CCNC(=NCC3CCOC3)NCCc3ccco3)c12.I. The van der Waals surface area contributed by atoms with Gasteiger partial charge < -0.3 is 24.8 Å². The van der Waals surface area contributed by atoms with Gasteiger partial charge in [-0.15, -0.1) is 24.0 Å². The summed E-state index contributed by atoms with van der Waals surface area (Å²) in [6.07, 6.45) is 6.71. The van der Waals surface area contributed by atoms with Gasteiger partial charge in [-0.25, -0.2) is 0 Å². The summed E-state index contributed by atoms with van der Waals surface area (Å²) in [4.78, 5) is 8.18. The first kappa shape index (κ1) is 22.7. The molecule has 3 aromatic rings. The van der Waals surface area contributed by atoms with E-state index in [-0.39, 0.29) is 24.0 Å². The second kappa shape index (κ2) is 11.4. The molecule has 4 rings (SSSR count). The van der Waals surface area contributed by atoms with Crippen LogP contribution in [0.15, 0.2) is 52.2 Å². The predicted molar refractivity (Wildman–Crippen MR) is 132 cm³/mol. The zero-order chi connectivity index (χ0) is 19.9. The van der Waals surface area contributed by atoms with Gasteiger partial charge in [0.15, 0.2) is 5.96 Å². The minimum atomic E-state index is 0. The zero-order valence-electron chi connectivity index (χ0n) is 17.4. The van der Waals surface area contributed by atoms with E-state index in [1.54, 1.807) is 6.26 Å². The number of furan rings is 1. The van der Waals surface area contributed by atoms with Gasteiger partial charge in [0.2, 0.25) is 0 Å². The number of hydrogen-bond donors (Lipinski definition) is 3. The molecule has 0 radical (unpaired) electrons. The summed E-state index contributed by atoms with van der Waals surface area (Å²) in [5.74, 6) is 2.37. The van der Waals surface area contributed by atoms with Gasteiger partial charge in [-0.2, -0.15) is 0 Å². The van der Waals surface area contributed by atoms with E-state index in [1.807, 2.05) is 12.1 Å². The molecule has 1 aromatic carbocycles. The maximum Gasteiger partial charge on any atom is 0.191 e. The molecule has 7 heteroatoms. The molecule has 1 aliphatic rings. The first-order chi connectivity index (χ1) is 14.3. The minimum absolute atomic E-state index is 0. The fourth-order valence-corrected chi connectivity index (χ4v) is 3.84. The number of guanidine groups is 1. The van der Waals surface area contributed by atoms with Gasteiger partial charge in [-0.05, 0) is 49.1 Å². The van der Waals surface area contributed by atoms with E-state index in [9.17, 15) is 0 Å². The lowest BCUT2D eigenvalue weighted by atomic mass is 10.1. The van der Waals surface area contributed by atoms with E-state index in [4.69, 9.17) is 14.1 Å². The summed E-state index contributed by atoms with van der Waals surface area (Å²) >= 11 is 0. The number of aromatic nitrogens is 1. The first-order valence-corrected chi connectivity index (χ1v) is 10.5. The van der Waals surface area contributed by atoms with Crippen molar-refractivity contribution in [3.05, 3.63) is 59.7 Å². The van der Waals surface area contributed by atoms with E-state index >= 15 is 0 Å². The number of ether oxygens (including phenoxy) is 1. The molecule has 0 aliphatic carbocycles. The van der Waals surface area contributed by atoms with Crippen molar-refractivity contribution in [3.8, 4) is 0 Å². The maximum absolute atomic E-state index is 5.48. The number of aliphatic imine (C=N–C) groups is 1. The molecule has 1 fully saturated rings. The highest BCUT2D eigenvalue weighted by molar-refractivity contribution is 14.0. The third kappa shape index (κ3) is 6.01. The van der Waals surface area contributed by atoms with E-state index in [2.05, 4.69) is 46.9 Å². The highest BCUT2D eigenvalue weighted by atomic mass is 127. The lowest BCUT2D eigenvalue weighted by Crippen LogP contribution is -2.39. The van der Waals surface area contributed by atoms with Gasteiger partial charge in [-0.3, -0.25) is 4.99 Å². The van der Waals surface area contributed by atoms with Gasteiger partial charge in [0, 0.05) is 55.7 Å². The van der Waals surface area contributed by atoms with Crippen LogP contribution in [0.1, 0.15) is 23.3 Å². The van der Waals surface area contributed by atoms with Crippen molar-refractivity contribution in [1.29, 1.82) is 0 Å². The Bertz CT molecular complexity index is 930. The third-order valence-corrected chi connectivity index (χ3v) is 5.46. The van der Waals surface area contributed by atoms with Crippen molar-refractivity contribution in [2.45, 2.75) is 26.2 Å². The topological polar surface area (TPSA) is 74.6 Å². The van der Waals surface area contributed by atoms with Crippen molar-refractivity contribution in [2.75, 3.05) is 32.8 Å². The van der Waals surface area contributed by atoms with Crippen LogP contribution in [0.2, 0.25) is 0 Å². The lowest BCUT2D eigenvalue weighted by Gasteiger charge is -2.13. The molecule has 30 heavy (non-hydrogen) atoms. The number of aryl methyl sites for hydroxylation is 1. The van der Waals surface area contributed by atoms with Crippen LogP contribution in [0, 0.1) is 12.8 Å². The number of hydrogen-bond acceptors (Lipinski definition) is 3. The Morgan fingerprint density at radius 2 is 2.03 bits per heavy atom. The Hall–Kier alpha value is -2.00. The molecule has 6 nitrogen and oxygen atoms in total. The highest BCUT2D eigenvalue weighted by Gasteiger charge is 2.15. The summed E-state index contributed by atoms with van der Waals surface area (Å²) in [7, 11) is 0. The maximum atomic E-state index is 5.48. The Balaban J connectivity index is 0.00000256. The fraction of sp³-hybridized carbons (Fsp3) is 0.435. The van der Waals surface area contributed by atoms with Crippen LogP contribution in [-0.4, -0.2) is 43.8 Å². The van der Waals surface area contributed by atoms with Crippen LogP contribution < -0.4 is 10.6 Å². The smallest absolute Gasteiger partial charge is 0.191 e. The number of fused-ring (bicyclic) bond motifs is 1. The monoisotopic (exact) mass is 522 g/mol. The summed E-state index contributed by atoms with van der Waals surface area (Å²) in [6.45, 7) is 6.25. The summed E-state index contributed by atoms with van der Waals surface area (Å²) in [5.41, 5.74) is 3.85. The van der Waals surface area contributed by atoms with Crippen molar-refractivity contribution in [1.82, 2.24) is 15.6 Å². The quantitative estimate of drug-likeness (QED) is 0.237. The van der Waals surface area contributed by atoms with Crippen molar-refractivity contribution < 1.29 is 9.15 Å². The van der Waals surface area contributed by atoms with Gasteiger partial charge in [0.1, 0.15) is 5.76 Å². The molecule has 1 unspecified atom stereocenters. The molecule has 1 aliphatic heterocycles. The number of nitrogens with zero attached hydrogens (tertiary/aromatic N) is 1. The van der Waals surface area contributed by atoms with Gasteiger partial charge >= 0.3 is 0 Å². The molecular weight excluding hydrogens is 491 g/mol. The normalized spacial score (nSPS) is 16.6. The molecule has 0 amide bonds. The molecule has 1 saturated heterocycles. The zero-order valence-corrected chi connectivity index (χ0v) is 19.8. The molecule has 1 atom stereocenters. The number of H-pyrrole nitrogens is 1. The van der Waals surface area contributed by atoms with Crippen LogP contribution in [0.4, 0.5) is 0 Å². The highest BCUT2D eigenvalue weighted by Crippen LogP contribution is 2.22. The molecule has 0 spiro atoms. The molecule has 2 aromatic heterocycles. The molecule has 3 N–H and O–H groups in total. The Kier molecular flexibility index (Phi) is 8.62. The largest absolute Gasteiger partial charge is 0.469 e. The Morgan fingerprint density at radius 1 is 1.17 bits per heavy atom. The average molecular weight is 522 g/mol. The third-order valence-electron chi connectivity index (χ3n) is 5.46. The number of benzene rings is 1. The van der Waals surface area contributed by atoms with Crippen LogP contribution >= 0.6 is 24.0 Å². The van der Waals surface area contributed by atoms with E-state index in [1.165, 1.54) is 22.0 Å². The summed E-state index contributed by atoms with van der Waals surface area (Å²) in [5, 5.41) is 8.28. The number of aromatic amines is 1. The van der Waals surface area contributed by atoms with Crippen LogP contribution in [0.25, 0.3) is 10.9 Å². The van der Waals surface area contributed by atoms with E-state index in [0.717, 1.165) is 63.8 Å². The van der Waals surface area contributed by atoms with Crippen molar-refractivity contribution >= 4 is 40.8 Å². The minimum Gasteiger partial charge on any atom is -0.469 e. The molecule has 0 bridgehead atoms. The number of halogens is 1. The second-order valence-corrected chi connectivity index (χ2v) is 7.66. The lowest BCUT2D eigenvalue weighted by molar-refractivity contribution is 0.187. The first-order valence-electron chi connectivity index (χ1n) is 10.5. The van der Waals surface area contributed by atoms with Gasteiger partial charge in [0.05, 0.1) is 12.9 Å². The van der Waals surface area contributed by atoms with Crippen LogP contribution in [-0.2, 0) is 17.6 Å². The summed E-state index contributed by atoms with van der Waals surface area (Å²) in [6, 6.07) is 10.3. The number of rotatable bonds is 8. The predicted octanol–water partition coefficient (Wildman–Crippen LogP) is 4.04. The van der Waals surface area contributed by atoms with Gasteiger partial charge in [-0.1, -0.05) is 12.1 Å². The standard InChI is InChI=1S/C23H30N4O2.HI/c1-17-4-2-6-21-22(17)19(15-26-21)7-10-24-23(27-14-18-9-13-28-16-18)25-11-8-20-5-3-12-29-20;/h2-6,12,15,18,26H,7-11,13-14,16H2,1H3,(H2,24,25,27);1H. The Labute approximate surface area is 194 Å². The van der Waals surface area contributed by atoms with E-state index in [0.29, 0.717) is 5.92 Å². The van der Waals surface area contributed by atoms with Crippen LogP contribution in [0.3, 0.4) is 0 Å². The summed E-state index contributed by atoms with van der Waals surface area (Å²) < 4.78 is 10.9. The fourth-order valence-electron chi connectivity index (χ4n) is 3.84. The van der Waals surface area contributed by atoms with Crippen molar-refractivity contribution in [2.24, 2.45) is 10.9 Å². The van der Waals surface area contributed by atoms with Crippen LogP contribution in [0.5, 0.6) is 0 Å². The molecular formula is C23H31IN4O2. The average Bonchev–Trinajstić information content (AvgIpc) is 3.48. The Morgan fingerprint density at radius 3 is 2.80 bits per heavy atom. The van der Waals surface area contributed by atoms with Gasteiger partial charge in [0.25, 0.3) is 0 Å². The molecule has 3 heterocycles. The molecule has 162 valence electrons. The van der Waals surface area contributed by atoms with E-state index < -0.39 is 0 Å². The second-order valence-electron chi connectivity index (χ2n) is 7.66.